The van der Waals surface area contributed by atoms with Crippen molar-refractivity contribution in [3.8, 4) is 5.75 Å². The molecule has 1 aromatic heterocycles. The fourth-order valence-electron chi connectivity index (χ4n) is 3.64. The highest BCUT2D eigenvalue weighted by atomic mass is 32.2. The number of ether oxygens (including phenoxy) is 1. The molecule has 1 aromatic carbocycles. The molecule has 3 rings (SSSR count). The van der Waals surface area contributed by atoms with Crippen molar-refractivity contribution in [2.45, 2.75) is 39.1 Å². The summed E-state index contributed by atoms with van der Waals surface area (Å²) in [5.41, 5.74) is 3.41. The highest BCUT2D eigenvalue weighted by molar-refractivity contribution is 7.89. The van der Waals surface area contributed by atoms with Crippen LogP contribution in [0.25, 0.3) is 0 Å². The van der Waals surface area contributed by atoms with Crippen LogP contribution in [0.4, 0.5) is 0 Å². The Balaban J connectivity index is 1.74. The van der Waals surface area contributed by atoms with Gasteiger partial charge < -0.3 is 9.26 Å². The lowest BCUT2D eigenvalue weighted by Crippen LogP contribution is -2.48. The van der Waals surface area contributed by atoms with Gasteiger partial charge in [0.25, 0.3) is 0 Å². The average Bonchev–Trinajstić information content (AvgIpc) is 2.93. The number of sulfonamides is 1. The van der Waals surface area contributed by atoms with Crippen LogP contribution in [0.2, 0.25) is 0 Å². The number of benzene rings is 1. The van der Waals surface area contributed by atoms with Crippen molar-refractivity contribution in [3.63, 3.8) is 0 Å². The second-order valence-corrected chi connectivity index (χ2v) is 8.95. The predicted molar refractivity (Wildman–Crippen MR) is 102 cm³/mol. The maximum Gasteiger partial charge on any atom is 0.243 e. The molecule has 7 nitrogen and oxygen atoms in total. The van der Waals surface area contributed by atoms with E-state index < -0.39 is 10.0 Å². The van der Waals surface area contributed by atoms with Crippen molar-refractivity contribution in [2.75, 3.05) is 33.3 Å². The first kappa shape index (κ1) is 19.9. The highest BCUT2D eigenvalue weighted by Gasteiger charge is 2.31. The second kappa shape index (κ2) is 7.61. The smallest absolute Gasteiger partial charge is 0.243 e. The fourth-order valence-corrected chi connectivity index (χ4v) is 5.48. The number of rotatable bonds is 5. The van der Waals surface area contributed by atoms with Gasteiger partial charge in [-0.3, -0.25) is 4.90 Å². The molecule has 2 heterocycles. The summed E-state index contributed by atoms with van der Waals surface area (Å²) in [6, 6.07) is 3.54. The summed E-state index contributed by atoms with van der Waals surface area (Å²) in [6.07, 6.45) is 0. The molecule has 1 fully saturated rings. The van der Waals surface area contributed by atoms with Crippen molar-refractivity contribution in [2.24, 2.45) is 0 Å². The lowest BCUT2D eigenvalue weighted by Gasteiger charge is -2.34. The van der Waals surface area contributed by atoms with Crippen LogP contribution >= 0.6 is 0 Å². The molecule has 0 atom stereocenters. The number of aromatic nitrogens is 1. The van der Waals surface area contributed by atoms with Crippen LogP contribution in [0.3, 0.4) is 0 Å². The fraction of sp³-hybridized carbons (Fsp3) is 0.526. The van der Waals surface area contributed by atoms with Crippen LogP contribution in [0.15, 0.2) is 21.6 Å². The molecule has 0 unspecified atom stereocenters. The lowest BCUT2D eigenvalue weighted by molar-refractivity contribution is 0.180. The summed E-state index contributed by atoms with van der Waals surface area (Å²) in [6.45, 7) is 10.5. The molecule has 0 radical (unpaired) electrons. The van der Waals surface area contributed by atoms with Gasteiger partial charge in [0.05, 0.1) is 17.7 Å². The third kappa shape index (κ3) is 3.88. The summed E-state index contributed by atoms with van der Waals surface area (Å²) >= 11 is 0. The minimum Gasteiger partial charge on any atom is -0.497 e. The van der Waals surface area contributed by atoms with Crippen LogP contribution in [-0.2, 0) is 16.6 Å². The zero-order valence-electron chi connectivity index (χ0n) is 16.6. The molecule has 0 aliphatic carbocycles. The van der Waals surface area contributed by atoms with E-state index in [1.54, 1.807) is 23.5 Å². The molecule has 0 bridgehead atoms. The summed E-state index contributed by atoms with van der Waals surface area (Å²) in [7, 11) is -1.95. The van der Waals surface area contributed by atoms with Gasteiger partial charge in [0.15, 0.2) is 0 Å². The normalized spacial score (nSPS) is 16.6. The largest absolute Gasteiger partial charge is 0.497 e. The number of hydrogen-bond acceptors (Lipinski definition) is 6. The first-order chi connectivity index (χ1) is 12.7. The Morgan fingerprint density at radius 2 is 1.67 bits per heavy atom. The van der Waals surface area contributed by atoms with Gasteiger partial charge in [0.2, 0.25) is 10.0 Å². The summed E-state index contributed by atoms with van der Waals surface area (Å²) in [5, 5.41) is 3.99. The van der Waals surface area contributed by atoms with Crippen molar-refractivity contribution >= 4 is 10.0 Å². The summed E-state index contributed by atoms with van der Waals surface area (Å²) < 4.78 is 38.5. The molecule has 0 saturated carbocycles. The number of aryl methyl sites for hydroxylation is 4. The Kier molecular flexibility index (Phi) is 5.60. The Bertz CT molecular complexity index is 886. The molecule has 0 N–H and O–H groups in total. The van der Waals surface area contributed by atoms with Crippen molar-refractivity contribution in [3.05, 3.63) is 40.3 Å². The highest BCUT2D eigenvalue weighted by Crippen LogP contribution is 2.29. The Labute approximate surface area is 160 Å². The Morgan fingerprint density at radius 3 is 2.15 bits per heavy atom. The first-order valence-corrected chi connectivity index (χ1v) is 10.5. The topological polar surface area (TPSA) is 75.9 Å². The van der Waals surface area contributed by atoms with Gasteiger partial charge in [-0.05, 0) is 51.0 Å². The molecular weight excluding hydrogens is 366 g/mol. The molecule has 148 valence electrons. The molecule has 1 saturated heterocycles. The molecule has 0 amide bonds. The van der Waals surface area contributed by atoms with E-state index in [0.717, 1.165) is 23.6 Å². The monoisotopic (exact) mass is 393 g/mol. The molecular formula is C19H27N3O4S. The maximum absolute atomic E-state index is 13.2. The standard InChI is InChI=1S/C19H27N3O4S/c1-13-10-17(25-5)11-14(2)19(13)27(23,24)22-8-6-21(7-9-22)12-18-15(3)20-26-16(18)4/h10-11H,6-9,12H2,1-5H3. The van der Waals surface area contributed by atoms with Crippen LogP contribution in [0.5, 0.6) is 5.75 Å². The average molecular weight is 394 g/mol. The molecule has 2 aromatic rings. The van der Waals surface area contributed by atoms with Crippen molar-refractivity contribution in [1.29, 1.82) is 0 Å². The molecule has 8 heteroatoms. The van der Waals surface area contributed by atoms with Gasteiger partial charge in [0.1, 0.15) is 11.5 Å². The quantitative estimate of drug-likeness (QED) is 0.777. The molecule has 0 spiro atoms. The van der Waals surface area contributed by atoms with E-state index in [0.29, 0.717) is 48.0 Å². The van der Waals surface area contributed by atoms with E-state index >= 15 is 0 Å². The Hall–Kier alpha value is -1.90. The van der Waals surface area contributed by atoms with Crippen LogP contribution in [0, 0.1) is 27.7 Å². The van der Waals surface area contributed by atoms with Crippen LogP contribution < -0.4 is 4.74 Å². The van der Waals surface area contributed by atoms with Crippen LogP contribution in [0.1, 0.15) is 28.1 Å². The third-order valence-electron chi connectivity index (χ3n) is 5.16. The third-order valence-corrected chi connectivity index (χ3v) is 7.37. The number of piperazine rings is 1. The molecule has 1 aliphatic heterocycles. The van der Waals surface area contributed by atoms with Gasteiger partial charge in [-0.25, -0.2) is 8.42 Å². The summed E-state index contributed by atoms with van der Waals surface area (Å²) in [4.78, 5) is 2.63. The summed E-state index contributed by atoms with van der Waals surface area (Å²) in [5.74, 6) is 1.50. The van der Waals surface area contributed by atoms with Crippen LogP contribution in [-0.4, -0.2) is 56.1 Å². The van der Waals surface area contributed by atoms with E-state index in [9.17, 15) is 8.42 Å². The Morgan fingerprint density at radius 1 is 1.07 bits per heavy atom. The number of nitrogens with zero attached hydrogens (tertiary/aromatic N) is 3. The van der Waals surface area contributed by atoms with Gasteiger partial charge in [-0.2, -0.15) is 4.31 Å². The second-order valence-electron chi connectivity index (χ2n) is 7.07. The van der Waals surface area contributed by atoms with E-state index in [1.165, 1.54) is 0 Å². The predicted octanol–water partition coefficient (Wildman–Crippen LogP) is 2.42. The van der Waals surface area contributed by atoms with Gasteiger partial charge in [0, 0.05) is 38.3 Å². The minimum absolute atomic E-state index is 0.391. The maximum atomic E-state index is 13.2. The number of hydrogen-bond donors (Lipinski definition) is 0. The minimum atomic E-state index is -3.53. The SMILES string of the molecule is COc1cc(C)c(S(=O)(=O)N2CCN(Cc3c(C)noc3C)CC2)c(C)c1. The molecule has 1 aliphatic rings. The van der Waals surface area contributed by atoms with Crippen molar-refractivity contribution < 1.29 is 17.7 Å². The van der Waals surface area contributed by atoms with E-state index in [2.05, 4.69) is 10.1 Å². The zero-order chi connectivity index (χ0) is 19.8. The van der Waals surface area contributed by atoms with Gasteiger partial charge in [-0.15, -0.1) is 0 Å². The first-order valence-electron chi connectivity index (χ1n) is 9.03. The van der Waals surface area contributed by atoms with E-state index in [4.69, 9.17) is 9.26 Å². The van der Waals surface area contributed by atoms with Gasteiger partial charge >= 0.3 is 0 Å². The molecule has 27 heavy (non-hydrogen) atoms. The zero-order valence-corrected chi connectivity index (χ0v) is 17.4. The van der Waals surface area contributed by atoms with E-state index in [1.807, 2.05) is 27.7 Å². The number of methoxy groups -OCH3 is 1. The van der Waals surface area contributed by atoms with Crippen molar-refractivity contribution in [1.82, 2.24) is 14.4 Å². The van der Waals surface area contributed by atoms with Gasteiger partial charge in [-0.1, -0.05) is 5.16 Å². The lowest BCUT2D eigenvalue weighted by atomic mass is 10.1. The van der Waals surface area contributed by atoms with E-state index in [-0.39, 0.29) is 0 Å².